The highest BCUT2D eigenvalue weighted by Gasteiger charge is 2.30. The molecule has 0 aliphatic carbocycles. The number of nitrogens with one attached hydrogen (secondary N) is 1. The van der Waals surface area contributed by atoms with Crippen LogP contribution in [0.25, 0.3) is 11.0 Å². The maximum absolute atomic E-state index is 12.1. The van der Waals surface area contributed by atoms with E-state index in [0.29, 0.717) is 31.7 Å². The molecule has 3 aromatic rings. The number of pyridine rings is 1. The van der Waals surface area contributed by atoms with Gasteiger partial charge in [0.25, 0.3) is 5.56 Å². The Morgan fingerprint density at radius 1 is 1.27 bits per heavy atom. The van der Waals surface area contributed by atoms with E-state index in [0.717, 1.165) is 35.3 Å². The fraction of sp³-hybridized carbons (Fsp3) is 0.458. The van der Waals surface area contributed by atoms with Crippen LogP contribution in [-0.2, 0) is 25.9 Å². The number of aliphatic hydroxyl groups is 1. The molecule has 1 amide bonds. The van der Waals surface area contributed by atoms with Crippen molar-refractivity contribution < 1.29 is 15.0 Å². The van der Waals surface area contributed by atoms with Crippen LogP contribution in [0.4, 0.5) is 10.5 Å². The fourth-order valence-corrected chi connectivity index (χ4v) is 4.56. The number of fused-ring (bicyclic) bond motifs is 3. The van der Waals surface area contributed by atoms with E-state index >= 15 is 0 Å². The van der Waals surface area contributed by atoms with Crippen molar-refractivity contribution in [2.75, 3.05) is 18.1 Å². The third-order valence-corrected chi connectivity index (χ3v) is 6.38. The van der Waals surface area contributed by atoms with Crippen LogP contribution in [0.1, 0.15) is 31.7 Å². The molecule has 176 valence electrons. The van der Waals surface area contributed by atoms with Crippen LogP contribution in [0.3, 0.4) is 0 Å². The van der Waals surface area contributed by atoms with Gasteiger partial charge in [-0.25, -0.2) is 9.78 Å². The lowest BCUT2D eigenvalue weighted by Gasteiger charge is -2.33. The van der Waals surface area contributed by atoms with E-state index in [1.165, 1.54) is 4.90 Å². The Morgan fingerprint density at radius 3 is 2.82 bits per heavy atom. The maximum Gasteiger partial charge on any atom is 0.412 e. The molecule has 9 heteroatoms. The van der Waals surface area contributed by atoms with Crippen molar-refractivity contribution in [3.63, 3.8) is 0 Å². The average Bonchev–Trinajstić information content (AvgIpc) is 3.15. The van der Waals surface area contributed by atoms with E-state index < -0.39 is 6.09 Å². The van der Waals surface area contributed by atoms with Crippen LogP contribution in [-0.4, -0.2) is 55.7 Å². The molecule has 0 radical (unpaired) electrons. The molecule has 0 bridgehead atoms. The number of rotatable bonds is 8. The summed E-state index contributed by atoms with van der Waals surface area (Å²) in [5.41, 5.74) is 3.40. The van der Waals surface area contributed by atoms with Crippen LogP contribution in [0.5, 0.6) is 0 Å². The maximum atomic E-state index is 12.1. The van der Waals surface area contributed by atoms with Gasteiger partial charge in [-0.05, 0) is 44.9 Å². The van der Waals surface area contributed by atoms with E-state index in [9.17, 15) is 19.8 Å². The second kappa shape index (κ2) is 9.76. The predicted molar refractivity (Wildman–Crippen MR) is 127 cm³/mol. The first-order valence-corrected chi connectivity index (χ1v) is 11.4. The Hall–Kier alpha value is -3.17. The summed E-state index contributed by atoms with van der Waals surface area (Å²) in [7, 11) is 0. The van der Waals surface area contributed by atoms with Gasteiger partial charge in [-0.1, -0.05) is 6.07 Å². The summed E-state index contributed by atoms with van der Waals surface area (Å²) in [4.78, 5) is 30.4. The number of carboxylic acid groups (broad SMARTS) is 1. The molecular weight excluding hydrogens is 422 g/mol. The first kappa shape index (κ1) is 23.0. The lowest BCUT2D eigenvalue weighted by atomic mass is 9.96. The summed E-state index contributed by atoms with van der Waals surface area (Å²) in [5, 5.41) is 22.4. The highest BCUT2D eigenvalue weighted by molar-refractivity contribution is 5.94. The van der Waals surface area contributed by atoms with E-state index in [2.05, 4.69) is 9.88 Å². The molecule has 33 heavy (non-hydrogen) atoms. The minimum Gasteiger partial charge on any atom is -0.465 e. The molecule has 9 nitrogen and oxygen atoms in total. The summed E-state index contributed by atoms with van der Waals surface area (Å²) >= 11 is 0. The van der Waals surface area contributed by atoms with Gasteiger partial charge in [-0.3, -0.25) is 9.69 Å². The molecular formula is C24H31N5O4. The molecule has 0 saturated heterocycles. The molecule has 0 spiro atoms. The summed E-state index contributed by atoms with van der Waals surface area (Å²) in [5.74, 6) is 0.855. The quantitative estimate of drug-likeness (QED) is 0.482. The molecule has 0 saturated carbocycles. The highest BCUT2D eigenvalue weighted by atomic mass is 16.4. The number of amides is 1. The predicted octanol–water partition coefficient (Wildman–Crippen LogP) is 2.23. The monoisotopic (exact) mass is 453 g/mol. The van der Waals surface area contributed by atoms with E-state index in [1.54, 1.807) is 22.9 Å². The van der Waals surface area contributed by atoms with Crippen LogP contribution in [0, 0.1) is 0 Å². The lowest BCUT2D eigenvalue weighted by molar-refractivity contribution is 0.198. The van der Waals surface area contributed by atoms with Gasteiger partial charge in [-0.15, -0.1) is 0 Å². The third-order valence-electron chi connectivity index (χ3n) is 6.38. The van der Waals surface area contributed by atoms with Gasteiger partial charge < -0.3 is 24.7 Å². The lowest BCUT2D eigenvalue weighted by Crippen LogP contribution is -2.41. The van der Waals surface area contributed by atoms with Crippen molar-refractivity contribution >= 4 is 22.8 Å². The van der Waals surface area contributed by atoms with Gasteiger partial charge in [-0.2, -0.15) is 0 Å². The second-order valence-corrected chi connectivity index (χ2v) is 8.67. The number of nitrogens with zero attached hydrogens (tertiary/aromatic N) is 4. The fourth-order valence-electron chi connectivity index (χ4n) is 4.56. The number of hydrogen-bond donors (Lipinski definition) is 3. The first-order chi connectivity index (χ1) is 15.9. The van der Waals surface area contributed by atoms with Gasteiger partial charge >= 0.3 is 6.09 Å². The van der Waals surface area contributed by atoms with E-state index in [4.69, 9.17) is 4.98 Å². The van der Waals surface area contributed by atoms with Crippen LogP contribution in [0.15, 0.2) is 41.3 Å². The Bertz CT molecular complexity index is 1200. The van der Waals surface area contributed by atoms with E-state index in [1.807, 2.05) is 32.0 Å². The Balaban J connectivity index is 1.72. The van der Waals surface area contributed by atoms with Crippen molar-refractivity contribution in [3.05, 3.63) is 58.3 Å². The smallest absolute Gasteiger partial charge is 0.412 e. The number of aryl methyl sites for hydroxylation is 3. The second-order valence-electron chi connectivity index (χ2n) is 8.67. The zero-order chi connectivity index (χ0) is 23.5. The number of imidazole rings is 1. The molecule has 1 aliphatic heterocycles. The van der Waals surface area contributed by atoms with Gasteiger partial charge in [0.05, 0.1) is 23.3 Å². The largest absolute Gasteiger partial charge is 0.465 e. The molecule has 2 aromatic heterocycles. The standard InChI is InChI=1S/C24H31N5O4/c1-16(15-30)25-11-14-28-20-9-8-19-18(7-6-17(2)29(19)24(32)33)23(20)26-21(28)10-13-27-12-4-3-5-22(27)31/h3-5,8-9,12,16-17,25,30H,6-7,10-11,13-15H2,1-2H3,(H,32,33)/t16?,17-/m0/s1. The number of anilines is 1. The zero-order valence-corrected chi connectivity index (χ0v) is 19.1. The van der Waals surface area contributed by atoms with Crippen LogP contribution >= 0.6 is 0 Å². The van der Waals surface area contributed by atoms with Gasteiger partial charge in [0.2, 0.25) is 0 Å². The molecule has 1 aromatic carbocycles. The number of aliphatic hydroxyl groups excluding tert-OH is 1. The van der Waals surface area contributed by atoms with Gasteiger partial charge in [0, 0.05) is 56.0 Å². The highest BCUT2D eigenvalue weighted by Crippen LogP contribution is 2.36. The molecule has 3 heterocycles. The van der Waals surface area contributed by atoms with Crippen molar-refractivity contribution in [2.24, 2.45) is 0 Å². The van der Waals surface area contributed by atoms with Crippen molar-refractivity contribution in [2.45, 2.75) is 58.3 Å². The van der Waals surface area contributed by atoms with Crippen LogP contribution < -0.4 is 15.8 Å². The number of carbonyl (C=O) groups is 1. The molecule has 1 aliphatic rings. The Morgan fingerprint density at radius 2 is 2.09 bits per heavy atom. The Labute approximate surface area is 192 Å². The van der Waals surface area contributed by atoms with Gasteiger partial charge in [0.1, 0.15) is 5.82 Å². The summed E-state index contributed by atoms with van der Waals surface area (Å²) in [6, 6.07) is 8.85. The molecule has 0 fully saturated rings. The number of hydrogen-bond acceptors (Lipinski definition) is 5. The summed E-state index contributed by atoms with van der Waals surface area (Å²) in [6.45, 7) is 5.72. The van der Waals surface area contributed by atoms with Crippen LogP contribution in [0.2, 0.25) is 0 Å². The summed E-state index contributed by atoms with van der Waals surface area (Å²) in [6.07, 6.45) is 2.91. The van der Waals surface area contributed by atoms with Crippen molar-refractivity contribution in [1.82, 2.24) is 19.4 Å². The molecule has 3 N–H and O–H groups in total. The normalized spacial score (nSPS) is 16.7. The van der Waals surface area contributed by atoms with E-state index in [-0.39, 0.29) is 24.2 Å². The molecule has 1 unspecified atom stereocenters. The van der Waals surface area contributed by atoms with Gasteiger partial charge in [0.15, 0.2) is 0 Å². The Kier molecular flexibility index (Phi) is 6.80. The number of aromatic nitrogens is 3. The minimum absolute atomic E-state index is 0.00972. The number of benzene rings is 1. The third kappa shape index (κ3) is 4.65. The zero-order valence-electron chi connectivity index (χ0n) is 19.1. The average molecular weight is 454 g/mol. The molecule has 2 atom stereocenters. The van der Waals surface area contributed by atoms with Crippen molar-refractivity contribution in [1.29, 1.82) is 0 Å². The van der Waals surface area contributed by atoms with Crippen molar-refractivity contribution in [3.8, 4) is 0 Å². The molecule has 4 rings (SSSR count). The minimum atomic E-state index is -0.951. The SMILES string of the molecule is CC(CO)NCCn1c(CCn2ccccc2=O)nc2c3c(ccc21)N(C(=O)O)[C@@H](C)CC3. The first-order valence-electron chi connectivity index (χ1n) is 11.4. The summed E-state index contributed by atoms with van der Waals surface area (Å²) < 4.78 is 3.81. The topological polar surface area (TPSA) is 113 Å².